The fourth-order valence-electron chi connectivity index (χ4n) is 2.94. The predicted molar refractivity (Wildman–Crippen MR) is 125 cm³/mol. The van der Waals surface area contributed by atoms with Gasteiger partial charge in [0.2, 0.25) is 5.91 Å². The molecule has 1 aliphatic heterocycles. The topological polar surface area (TPSA) is 61.8 Å². The largest absolute Gasteiger partial charge is 0.355 e. The number of halogens is 1. The maximum atomic E-state index is 13.4. The Bertz CT molecular complexity index is 988. The number of anilines is 1. The summed E-state index contributed by atoms with van der Waals surface area (Å²) in [6, 6.07) is 15.1. The van der Waals surface area contributed by atoms with E-state index in [2.05, 4.69) is 24.2 Å². The van der Waals surface area contributed by atoms with Gasteiger partial charge in [-0.15, -0.1) is 0 Å². The quantitative estimate of drug-likeness (QED) is 0.627. The van der Waals surface area contributed by atoms with Crippen LogP contribution in [-0.2, 0) is 9.59 Å². The van der Waals surface area contributed by atoms with E-state index in [-0.39, 0.29) is 23.3 Å². The van der Waals surface area contributed by atoms with Gasteiger partial charge in [-0.3, -0.25) is 14.5 Å². The van der Waals surface area contributed by atoms with Gasteiger partial charge in [0.15, 0.2) is 5.17 Å². The molecule has 3 rings (SSSR count). The van der Waals surface area contributed by atoms with Crippen molar-refractivity contribution in [1.29, 1.82) is 0 Å². The normalized spacial score (nSPS) is 16.0. The van der Waals surface area contributed by atoms with Crippen LogP contribution in [0, 0.1) is 11.7 Å². The molecule has 0 fully saturated rings. The van der Waals surface area contributed by atoms with E-state index in [1.165, 1.54) is 40.9 Å². The number of nitrogens with zero attached hydrogens (tertiary/aromatic N) is 2. The summed E-state index contributed by atoms with van der Waals surface area (Å²) < 4.78 is 13.4. The number of amidine groups is 1. The lowest BCUT2D eigenvalue weighted by molar-refractivity contribution is -0.120. The van der Waals surface area contributed by atoms with Crippen molar-refractivity contribution in [2.45, 2.75) is 32.4 Å². The Morgan fingerprint density at radius 1 is 1.13 bits per heavy atom. The van der Waals surface area contributed by atoms with Gasteiger partial charge in [-0.2, -0.15) is 0 Å². The van der Waals surface area contributed by atoms with E-state index in [1.807, 2.05) is 30.3 Å². The molecule has 1 aliphatic rings. The maximum Gasteiger partial charge on any atom is 0.283 e. The summed E-state index contributed by atoms with van der Waals surface area (Å²) in [6.45, 7) is 6.59. The molecule has 1 heterocycles. The second-order valence-corrected chi connectivity index (χ2v) is 8.99. The van der Waals surface area contributed by atoms with Gasteiger partial charge in [0, 0.05) is 6.54 Å². The van der Waals surface area contributed by atoms with Crippen molar-refractivity contribution in [2.24, 2.45) is 10.9 Å². The lowest BCUT2D eigenvalue weighted by Crippen LogP contribution is -2.36. The first-order valence-corrected chi connectivity index (χ1v) is 11.1. The predicted octanol–water partition coefficient (Wildman–Crippen LogP) is 4.85. The van der Waals surface area contributed by atoms with Crippen molar-refractivity contribution >= 4 is 40.5 Å². The zero-order valence-corrected chi connectivity index (χ0v) is 18.7. The molecule has 0 saturated heterocycles. The number of rotatable bonds is 7. The molecule has 2 amide bonds. The van der Waals surface area contributed by atoms with Crippen LogP contribution >= 0.6 is 11.8 Å². The van der Waals surface area contributed by atoms with Gasteiger partial charge in [0.05, 0.1) is 10.9 Å². The molecular weight excluding hydrogens is 413 g/mol. The van der Waals surface area contributed by atoms with E-state index >= 15 is 0 Å². The fourth-order valence-corrected chi connectivity index (χ4v) is 3.89. The second kappa shape index (κ2) is 10.4. The third-order valence-corrected chi connectivity index (χ3v) is 5.74. The Hall–Kier alpha value is -2.93. The molecule has 2 aromatic rings. The molecule has 1 unspecified atom stereocenters. The van der Waals surface area contributed by atoms with Crippen LogP contribution in [0.15, 0.2) is 65.3 Å². The van der Waals surface area contributed by atoms with Gasteiger partial charge in [-0.25, -0.2) is 9.38 Å². The van der Waals surface area contributed by atoms with Crippen molar-refractivity contribution in [3.05, 3.63) is 71.7 Å². The van der Waals surface area contributed by atoms with Crippen LogP contribution < -0.4 is 10.2 Å². The minimum Gasteiger partial charge on any atom is -0.355 e. The van der Waals surface area contributed by atoms with E-state index in [0.29, 0.717) is 23.3 Å². The van der Waals surface area contributed by atoms with Crippen LogP contribution in [0.5, 0.6) is 0 Å². The molecule has 2 aromatic carbocycles. The molecule has 1 atom stereocenters. The Kier molecular flexibility index (Phi) is 7.63. The maximum absolute atomic E-state index is 13.4. The lowest BCUT2D eigenvalue weighted by Gasteiger charge is -2.20. The average Bonchev–Trinajstić information content (AvgIpc) is 3.03. The fraction of sp³-hybridized carbons (Fsp3) is 0.292. The van der Waals surface area contributed by atoms with Crippen LogP contribution in [0.3, 0.4) is 0 Å². The second-order valence-electron chi connectivity index (χ2n) is 7.69. The highest BCUT2D eigenvalue weighted by atomic mass is 32.2. The smallest absolute Gasteiger partial charge is 0.283 e. The summed E-state index contributed by atoms with van der Waals surface area (Å²) in [7, 11) is 0. The Morgan fingerprint density at radius 3 is 2.45 bits per heavy atom. The summed E-state index contributed by atoms with van der Waals surface area (Å²) in [4.78, 5) is 31.6. The number of hydrogen-bond acceptors (Lipinski definition) is 4. The van der Waals surface area contributed by atoms with Crippen LogP contribution in [-0.4, -0.2) is 28.8 Å². The number of carbonyl (C=O) groups is 2. The van der Waals surface area contributed by atoms with E-state index < -0.39 is 5.25 Å². The lowest BCUT2D eigenvalue weighted by atomic mass is 10.1. The Morgan fingerprint density at radius 2 is 1.81 bits per heavy atom. The number of aliphatic imine (C=N–C) groups is 1. The Labute approximate surface area is 186 Å². The monoisotopic (exact) mass is 439 g/mol. The number of thioether (sulfide) groups is 1. The number of hydrogen-bond donors (Lipinski definition) is 1. The third-order valence-electron chi connectivity index (χ3n) is 4.69. The van der Waals surface area contributed by atoms with Gasteiger partial charge in [-0.05, 0) is 55.2 Å². The van der Waals surface area contributed by atoms with Gasteiger partial charge < -0.3 is 5.32 Å². The molecule has 0 aliphatic carbocycles. The zero-order chi connectivity index (χ0) is 22.4. The molecule has 0 radical (unpaired) electrons. The van der Waals surface area contributed by atoms with Crippen LogP contribution in [0.1, 0.15) is 32.8 Å². The van der Waals surface area contributed by atoms with Gasteiger partial charge in [0.25, 0.3) is 5.91 Å². The molecule has 162 valence electrons. The number of carbonyl (C=O) groups excluding carboxylic acids is 2. The average molecular weight is 440 g/mol. The molecule has 1 N–H and O–H groups in total. The Balaban J connectivity index is 1.84. The van der Waals surface area contributed by atoms with Crippen molar-refractivity contribution in [1.82, 2.24) is 5.32 Å². The van der Waals surface area contributed by atoms with Crippen molar-refractivity contribution in [2.75, 3.05) is 11.4 Å². The first-order valence-electron chi connectivity index (χ1n) is 10.2. The number of nitrogens with one attached hydrogen (secondary N) is 1. The van der Waals surface area contributed by atoms with Crippen LogP contribution in [0.25, 0.3) is 6.08 Å². The van der Waals surface area contributed by atoms with Crippen LogP contribution in [0.4, 0.5) is 10.1 Å². The summed E-state index contributed by atoms with van der Waals surface area (Å²) in [6.07, 6.45) is 2.61. The van der Waals surface area contributed by atoms with E-state index in [4.69, 9.17) is 0 Å². The summed E-state index contributed by atoms with van der Waals surface area (Å²) in [5.74, 6) is -0.315. The van der Waals surface area contributed by atoms with E-state index in [0.717, 1.165) is 12.0 Å². The highest BCUT2D eigenvalue weighted by Crippen LogP contribution is 2.31. The molecule has 31 heavy (non-hydrogen) atoms. The number of amides is 2. The van der Waals surface area contributed by atoms with Gasteiger partial charge in [-0.1, -0.05) is 55.9 Å². The van der Waals surface area contributed by atoms with Crippen molar-refractivity contribution < 1.29 is 14.0 Å². The highest BCUT2D eigenvalue weighted by Gasteiger charge is 2.34. The summed E-state index contributed by atoms with van der Waals surface area (Å²) >= 11 is 1.21. The molecule has 0 saturated carbocycles. The molecular formula is C24H26FN3O2S. The van der Waals surface area contributed by atoms with Gasteiger partial charge >= 0.3 is 0 Å². The summed E-state index contributed by atoms with van der Waals surface area (Å²) in [5.41, 5.74) is 1.62. The highest BCUT2D eigenvalue weighted by molar-refractivity contribution is 8.15. The first kappa shape index (κ1) is 22.7. The van der Waals surface area contributed by atoms with Gasteiger partial charge in [0.1, 0.15) is 11.5 Å². The van der Waals surface area contributed by atoms with E-state index in [1.54, 1.807) is 13.0 Å². The summed E-state index contributed by atoms with van der Waals surface area (Å²) in [5, 5.41) is 2.88. The zero-order valence-electron chi connectivity index (χ0n) is 17.8. The molecule has 7 heteroatoms. The molecule has 0 spiro atoms. The SMILES string of the molecule is CC(C)CCNC(=O)C(C)SC1=N/C(=C\c2ccccc2)C(=O)N1c1ccc(F)cc1. The van der Waals surface area contributed by atoms with E-state index in [9.17, 15) is 14.0 Å². The third kappa shape index (κ3) is 6.04. The van der Waals surface area contributed by atoms with Crippen molar-refractivity contribution in [3.63, 3.8) is 0 Å². The minimum atomic E-state index is -0.447. The molecule has 0 bridgehead atoms. The first-order chi connectivity index (χ1) is 14.8. The standard InChI is InChI=1S/C24H26FN3O2S/c1-16(2)13-14-26-22(29)17(3)31-24-27-21(15-18-7-5-4-6-8-18)23(30)28(24)20-11-9-19(25)10-12-20/h4-12,15-17H,13-14H2,1-3H3,(H,26,29)/b21-15-. The molecule has 0 aromatic heterocycles. The molecule has 5 nitrogen and oxygen atoms in total. The minimum absolute atomic E-state index is 0.111. The van der Waals surface area contributed by atoms with Crippen LogP contribution in [0.2, 0.25) is 0 Å². The number of benzene rings is 2. The van der Waals surface area contributed by atoms with Crippen molar-refractivity contribution in [3.8, 4) is 0 Å².